The van der Waals surface area contributed by atoms with Crippen LogP contribution >= 0.6 is 0 Å². The summed E-state index contributed by atoms with van der Waals surface area (Å²) in [6.45, 7) is 1.40. The molecule has 0 radical (unpaired) electrons. The van der Waals surface area contributed by atoms with Gasteiger partial charge in [-0.15, -0.1) is 0 Å². The van der Waals surface area contributed by atoms with Crippen LogP contribution in [0, 0.1) is 11.3 Å². The second kappa shape index (κ2) is 47.1. The number of nitrogens with two attached hydrogens (primary N) is 3. The molecule has 2 aliphatic rings. The van der Waals surface area contributed by atoms with Crippen molar-refractivity contribution >= 4 is 130 Å². The Hall–Kier alpha value is -12.0. The average Bonchev–Trinajstić information content (AvgIpc) is 1.72. The molecule has 0 aliphatic carbocycles. The molecule has 2 rings (SSSR count). The van der Waals surface area contributed by atoms with Crippen molar-refractivity contribution in [3.63, 3.8) is 0 Å². The van der Waals surface area contributed by atoms with Crippen molar-refractivity contribution in [3.05, 3.63) is 0 Å². The van der Waals surface area contributed by atoms with Crippen LogP contribution in [0.3, 0.4) is 0 Å². The van der Waals surface area contributed by atoms with E-state index in [1.807, 2.05) is 10.6 Å². The summed E-state index contributed by atoms with van der Waals surface area (Å²) >= 11 is 0. The second-order valence-corrected chi connectivity index (χ2v) is 26.1. The number of aliphatic hydroxyl groups is 2. The lowest BCUT2D eigenvalue weighted by atomic mass is 10.0. The number of carboxylic acids is 6. The minimum atomic E-state index is -2.17. The fourth-order valence-electron chi connectivity index (χ4n) is 11.0. The number of hydrogen-bond donors (Lipinski definition) is 25. The average molecular weight is 1590 g/mol. The van der Waals surface area contributed by atoms with Crippen molar-refractivity contribution in [2.45, 2.75) is 215 Å². The van der Waals surface area contributed by atoms with Crippen molar-refractivity contribution < 1.29 is 142 Å². The molecule has 2 aliphatic heterocycles. The number of likely N-dealkylation sites (tertiary alicyclic amines) is 2. The molecule has 0 bridgehead atoms. The molecule has 0 spiro atoms. The summed E-state index contributed by atoms with van der Waals surface area (Å²) in [5, 5.41) is 113. The van der Waals surface area contributed by atoms with E-state index in [0.717, 1.165) is 16.7 Å². The molecule has 15 amide bonds. The van der Waals surface area contributed by atoms with Crippen LogP contribution in [0.4, 0.5) is 0 Å². The third-order valence-corrected chi connectivity index (χ3v) is 17.0. The molecule has 2 heterocycles. The number of hydrogen-bond acceptors (Lipinski definition) is 25. The topological polar surface area (TPSA) is 785 Å². The van der Waals surface area contributed by atoms with E-state index in [1.54, 1.807) is 0 Å². The summed E-state index contributed by atoms with van der Waals surface area (Å²) in [4.78, 5) is 275. The number of nitrogens with one attached hydrogen (secondary N) is 14. The van der Waals surface area contributed by atoms with Gasteiger partial charge in [-0.2, -0.15) is 0 Å². The molecule has 2 saturated heterocycles. The number of primary amides is 1. The van der Waals surface area contributed by atoms with Crippen molar-refractivity contribution in [3.8, 4) is 0 Å². The van der Waals surface area contributed by atoms with Crippen molar-refractivity contribution in [1.29, 1.82) is 5.41 Å². The zero-order chi connectivity index (χ0) is 84.3. The molecule has 0 aromatic carbocycles. The van der Waals surface area contributed by atoms with Crippen LogP contribution in [0.15, 0.2) is 0 Å². The maximum absolute atomic E-state index is 14.2. The van der Waals surface area contributed by atoms with Gasteiger partial charge in [-0.05, 0) is 84.0 Å². The van der Waals surface area contributed by atoms with E-state index in [0.29, 0.717) is 6.42 Å². The summed E-state index contributed by atoms with van der Waals surface area (Å²) in [5.74, 6) is -28.0. The van der Waals surface area contributed by atoms with Gasteiger partial charge in [0.15, 0.2) is 5.96 Å². The van der Waals surface area contributed by atoms with E-state index in [-0.39, 0.29) is 51.7 Å². The van der Waals surface area contributed by atoms with Crippen LogP contribution in [0.2, 0.25) is 0 Å². The highest BCUT2D eigenvalue weighted by molar-refractivity contribution is 6.01. The molecule has 48 heteroatoms. The van der Waals surface area contributed by atoms with Gasteiger partial charge in [-0.3, -0.25) is 106 Å². The Kier molecular flexibility index (Phi) is 40.3. The minimum Gasteiger partial charge on any atom is -0.481 e. The zero-order valence-corrected chi connectivity index (χ0v) is 61.0. The first-order valence-corrected chi connectivity index (χ1v) is 34.8. The molecular formula is C63H99N19O29. The first kappa shape index (κ1) is 95.1. The summed E-state index contributed by atoms with van der Waals surface area (Å²) in [5.41, 5.74) is 16.2. The molecule has 2 fully saturated rings. The Morgan fingerprint density at radius 2 is 0.820 bits per heavy atom. The summed E-state index contributed by atoms with van der Waals surface area (Å²) in [6.07, 6.45) is -7.82. The number of carboxylic acid groups (broad SMARTS) is 6. The van der Waals surface area contributed by atoms with Crippen LogP contribution in [-0.2, 0) is 101 Å². The van der Waals surface area contributed by atoms with Crippen LogP contribution in [0.5, 0.6) is 0 Å². The Labute approximate surface area is 631 Å². The van der Waals surface area contributed by atoms with Gasteiger partial charge in [0.05, 0.1) is 32.6 Å². The lowest BCUT2D eigenvalue weighted by Gasteiger charge is -2.32. The highest BCUT2D eigenvalue weighted by Gasteiger charge is 2.44. The maximum Gasteiger partial charge on any atom is 0.325 e. The number of rotatable bonds is 50. The predicted molar refractivity (Wildman–Crippen MR) is 372 cm³/mol. The molecule has 111 heavy (non-hydrogen) atoms. The Bertz CT molecular complexity index is 3450. The molecule has 0 aromatic rings. The Balaban J connectivity index is 2.34. The van der Waals surface area contributed by atoms with Gasteiger partial charge in [0.1, 0.15) is 84.6 Å². The van der Waals surface area contributed by atoms with Crippen molar-refractivity contribution in [1.82, 2.24) is 78.9 Å². The summed E-state index contributed by atoms with van der Waals surface area (Å²) < 4.78 is 0. The minimum absolute atomic E-state index is 0.00187. The first-order valence-electron chi connectivity index (χ1n) is 34.8. The van der Waals surface area contributed by atoms with Gasteiger partial charge < -0.3 is 137 Å². The van der Waals surface area contributed by atoms with E-state index >= 15 is 0 Å². The quantitative estimate of drug-likeness (QED) is 0.0153. The Morgan fingerprint density at radius 3 is 1.26 bits per heavy atom. The maximum atomic E-state index is 14.2. The molecule has 620 valence electrons. The fourth-order valence-corrected chi connectivity index (χ4v) is 11.0. The number of nitrogens with zero attached hydrogens (tertiary/aromatic N) is 2. The zero-order valence-electron chi connectivity index (χ0n) is 61.0. The number of aliphatic carboxylic acids is 6. The normalized spacial score (nSPS) is 16.9. The van der Waals surface area contributed by atoms with Gasteiger partial charge in [-0.25, -0.2) is 0 Å². The van der Waals surface area contributed by atoms with E-state index in [9.17, 15) is 142 Å². The highest BCUT2D eigenvalue weighted by atomic mass is 16.4. The van der Waals surface area contributed by atoms with Crippen LogP contribution in [0.25, 0.3) is 0 Å². The lowest BCUT2D eigenvalue weighted by molar-refractivity contribution is -0.146. The predicted octanol–water partition coefficient (Wildman–Crippen LogP) is -11.4. The molecule has 0 saturated carbocycles. The summed E-state index contributed by atoms with van der Waals surface area (Å²) in [6, 6.07) is -23.9. The molecular weight excluding hydrogens is 1490 g/mol. The molecule has 48 nitrogen and oxygen atoms in total. The number of guanidine groups is 1. The van der Waals surface area contributed by atoms with E-state index in [4.69, 9.17) is 22.6 Å². The van der Waals surface area contributed by atoms with Crippen LogP contribution in [0.1, 0.15) is 130 Å². The number of amides is 15. The smallest absolute Gasteiger partial charge is 0.325 e. The van der Waals surface area contributed by atoms with Gasteiger partial charge in [-0.1, -0.05) is 13.8 Å². The molecule has 0 unspecified atom stereocenters. The highest BCUT2D eigenvalue weighted by Crippen LogP contribution is 2.23. The van der Waals surface area contributed by atoms with E-state index < -0.39 is 305 Å². The second-order valence-electron chi connectivity index (χ2n) is 26.1. The first-order chi connectivity index (χ1) is 51.9. The van der Waals surface area contributed by atoms with Crippen LogP contribution in [-0.4, -0.2) is 305 Å². The van der Waals surface area contributed by atoms with Crippen molar-refractivity contribution in [2.75, 3.05) is 39.4 Å². The number of carbonyl (C=O) groups is 21. The van der Waals surface area contributed by atoms with Crippen LogP contribution < -0.4 is 86.3 Å². The third-order valence-electron chi connectivity index (χ3n) is 17.0. The fraction of sp³-hybridized carbons (Fsp3) is 0.651. The van der Waals surface area contributed by atoms with Gasteiger partial charge in [0.25, 0.3) is 0 Å². The monoisotopic (exact) mass is 1590 g/mol. The number of carbonyl (C=O) groups excluding carboxylic acids is 15. The third kappa shape index (κ3) is 33.6. The largest absolute Gasteiger partial charge is 0.481 e. The standard InChI is InChI=1S/C63H99N19O29/c1-27(2)48(59(107)77-35(11-15-41(65)85)60(108)81-20-6-9-39(81)57(105)71-29(4)62(110)111)80-58(106)40-10-7-21-82(40)61(109)37(23-47(95)96)72-42(86)24-69-51(99)36(22-46(93)94)78-56(104)38(26-84)79-53(101)31(8-5-19-68-63(66)67)75-54(102)33(13-17-44(89)90)73-49(97)28(3)70-52(100)32(12-16-43(87)88)76-55(103)34(14-18-45(91)92)74-50(98)30(64)25-83/h27-40,48,83-84H,5-26,64H2,1-4H3,(H2,65,85)(H,69,99)(H,70,100)(H,71,105)(H,72,86)(H,73,97)(H,74,98)(H,75,102)(H,76,103)(H,77,107)(H,78,104)(H,79,101)(H,80,106)(H,87,88)(H,89,90)(H,91,92)(H,93,94)(H,95,96)(H,110,111)(H4,66,67,68)/t28-,29-,30-,31-,32-,33-,34-,35-,36-,37-,38-,39-,40-,48-/m0/s1. The molecule has 28 N–H and O–H groups in total. The molecule has 0 aromatic heterocycles. The van der Waals surface area contributed by atoms with Gasteiger partial charge in [0.2, 0.25) is 88.6 Å². The number of aliphatic hydroxyl groups excluding tert-OH is 2. The summed E-state index contributed by atoms with van der Waals surface area (Å²) in [7, 11) is 0. The van der Waals surface area contributed by atoms with E-state index in [2.05, 4.69) is 58.5 Å². The lowest BCUT2D eigenvalue weighted by Crippen LogP contribution is -2.60. The van der Waals surface area contributed by atoms with Gasteiger partial charge in [0, 0.05) is 45.3 Å². The Morgan fingerprint density at radius 1 is 0.414 bits per heavy atom. The van der Waals surface area contributed by atoms with Crippen molar-refractivity contribution in [2.24, 2.45) is 23.1 Å². The SMILES string of the molecule is CC(C)[C@H](NC(=O)[C@@H]1CCCN1C(=O)[C@H](CC(=O)O)NC(=O)CNC(=O)[C@H](CC(=O)O)NC(=O)[C@H](CO)NC(=O)[C@H](CCCNC(=N)N)NC(=O)[C@H](CCC(=O)O)NC(=O)[C@H](C)NC(=O)[C@H](CCC(=O)O)NC(=O)[C@H](CCC(=O)O)NC(=O)[C@@H](N)CO)C(=O)N[C@@H](CCC(N)=O)C(=O)N1CCC[C@H]1C(=O)N[C@@H](C)C(=O)O. The van der Waals surface area contributed by atoms with E-state index in [1.165, 1.54) is 20.8 Å². The van der Waals surface area contributed by atoms with Gasteiger partial charge >= 0.3 is 35.8 Å². The molecule has 14 atom stereocenters.